The second kappa shape index (κ2) is 9.09. The molecule has 0 saturated heterocycles. The van der Waals surface area contributed by atoms with Crippen LogP contribution in [0.5, 0.6) is 6.01 Å². The highest BCUT2D eigenvalue weighted by Crippen LogP contribution is 1.99. The first-order valence-corrected chi connectivity index (χ1v) is 5.91. The van der Waals surface area contributed by atoms with Gasteiger partial charge in [-0.3, -0.25) is 0 Å². The maximum atomic E-state index is 5.42. The summed E-state index contributed by atoms with van der Waals surface area (Å²) in [5.74, 6) is 0. The first-order chi connectivity index (χ1) is 7.93. The van der Waals surface area contributed by atoms with E-state index in [0.717, 1.165) is 13.0 Å². The topological polar surface area (TPSA) is 44.2 Å². The molecule has 1 aromatic rings. The molecule has 0 atom stereocenters. The van der Waals surface area contributed by atoms with Crippen molar-refractivity contribution in [2.24, 2.45) is 0 Å². The Balaban J connectivity index is 1.89. The van der Waals surface area contributed by atoms with Crippen molar-refractivity contribution in [2.75, 3.05) is 19.8 Å². The van der Waals surface area contributed by atoms with Gasteiger partial charge in [0, 0.05) is 19.0 Å². The zero-order valence-corrected chi connectivity index (χ0v) is 9.89. The van der Waals surface area contributed by atoms with Crippen molar-refractivity contribution in [3.8, 4) is 6.01 Å². The maximum absolute atomic E-state index is 5.42. The predicted molar refractivity (Wildman–Crippen MR) is 62.5 cm³/mol. The van der Waals surface area contributed by atoms with Crippen LogP contribution in [0.4, 0.5) is 0 Å². The molecule has 0 bridgehead atoms. The molecule has 0 spiro atoms. The zero-order chi connectivity index (χ0) is 11.5. The molecular formula is C12H20N2O2. The number of hydrogen-bond donors (Lipinski definition) is 0. The number of rotatable bonds is 9. The van der Waals surface area contributed by atoms with Gasteiger partial charge in [0.1, 0.15) is 6.61 Å². The average molecular weight is 224 g/mol. The molecule has 0 N–H and O–H groups in total. The Labute approximate surface area is 97.0 Å². The summed E-state index contributed by atoms with van der Waals surface area (Å²) >= 11 is 0. The third-order valence-electron chi connectivity index (χ3n) is 2.14. The minimum Gasteiger partial charge on any atom is -0.461 e. The van der Waals surface area contributed by atoms with E-state index in [1.54, 1.807) is 18.5 Å². The van der Waals surface area contributed by atoms with Crippen molar-refractivity contribution in [3.05, 3.63) is 18.5 Å². The van der Waals surface area contributed by atoms with Gasteiger partial charge in [-0.2, -0.15) is 0 Å². The lowest BCUT2D eigenvalue weighted by atomic mass is 10.2. The molecule has 0 saturated carbocycles. The predicted octanol–water partition coefficient (Wildman–Crippen LogP) is 2.45. The number of aromatic nitrogens is 2. The summed E-state index contributed by atoms with van der Waals surface area (Å²) in [6.07, 6.45) is 8.25. The standard InChI is InChI=1S/C12H20N2O2/c1-2-3-4-5-9-15-10-11-16-12-13-7-6-8-14-12/h6-8H,2-5,9-11H2,1H3. The van der Waals surface area contributed by atoms with Crippen molar-refractivity contribution in [3.63, 3.8) is 0 Å². The normalized spacial score (nSPS) is 10.3. The Hall–Kier alpha value is -1.16. The molecule has 16 heavy (non-hydrogen) atoms. The van der Waals surface area contributed by atoms with Gasteiger partial charge in [0.05, 0.1) is 6.61 Å². The van der Waals surface area contributed by atoms with Gasteiger partial charge in [-0.1, -0.05) is 26.2 Å². The fourth-order valence-electron chi connectivity index (χ4n) is 1.28. The van der Waals surface area contributed by atoms with Crippen LogP contribution in [0.1, 0.15) is 32.6 Å². The highest BCUT2D eigenvalue weighted by Gasteiger charge is 1.94. The molecule has 0 fully saturated rings. The molecule has 0 aliphatic heterocycles. The molecule has 1 rings (SSSR count). The monoisotopic (exact) mass is 224 g/mol. The Morgan fingerprint density at radius 2 is 1.81 bits per heavy atom. The molecule has 1 aromatic heterocycles. The summed E-state index contributed by atoms with van der Waals surface area (Å²) in [6, 6.07) is 2.17. The van der Waals surface area contributed by atoms with E-state index < -0.39 is 0 Å². The number of ether oxygens (including phenoxy) is 2. The van der Waals surface area contributed by atoms with E-state index >= 15 is 0 Å². The van der Waals surface area contributed by atoms with Crippen LogP contribution in [0, 0.1) is 0 Å². The summed E-state index contributed by atoms with van der Waals surface area (Å²) in [5.41, 5.74) is 0. The smallest absolute Gasteiger partial charge is 0.316 e. The van der Waals surface area contributed by atoms with Gasteiger partial charge in [-0.15, -0.1) is 0 Å². The minimum atomic E-state index is 0.414. The second-order valence-electron chi connectivity index (χ2n) is 3.55. The van der Waals surface area contributed by atoms with Crippen molar-refractivity contribution in [1.29, 1.82) is 0 Å². The number of nitrogens with zero attached hydrogens (tertiary/aromatic N) is 2. The van der Waals surface area contributed by atoms with Gasteiger partial charge >= 0.3 is 6.01 Å². The maximum Gasteiger partial charge on any atom is 0.316 e. The summed E-state index contributed by atoms with van der Waals surface area (Å²) in [4.78, 5) is 7.90. The van der Waals surface area contributed by atoms with E-state index in [2.05, 4.69) is 16.9 Å². The molecule has 0 radical (unpaired) electrons. The first kappa shape index (κ1) is 12.9. The van der Waals surface area contributed by atoms with Gasteiger partial charge in [-0.05, 0) is 12.5 Å². The average Bonchev–Trinajstić information content (AvgIpc) is 2.34. The molecule has 1 heterocycles. The lowest BCUT2D eigenvalue weighted by Crippen LogP contribution is -2.08. The van der Waals surface area contributed by atoms with Crippen molar-refractivity contribution in [2.45, 2.75) is 32.6 Å². The Kier molecular flexibility index (Phi) is 7.34. The third-order valence-corrected chi connectivity index (χ3v) is 2.14. The van der Waals surface area contributed by atoms with Gasteiger partial charge in [0.2, 0.25) is 0 Å². The summed E-state index contributed by atoms with van der Waals surface area (Å²) in [7, 11) is 0. The van der Waals surface area contributed by atoms with E-state index in [4.69, 9.17) is 9.47 Å². The first-order valence-electron chi connectivity index (χ1n) is 5.91. The van der Waals surface area contributed by atoms with Crippen LogP contribution < -0.4 is 4.74 Å². The third kappa shape index (κ3) is 6.35. The minimum absolute atomic E-state index is 0.414. The van der Waals surface area contributed by atoms with Crippen LogP contribution in [-0.4, -0.2) is 29.8 Å². The highest BCUT2D eigenvalue weighted by atomic mass is 16.5. The van der Waals surface area contributed by atoms with E-state index in [1.807, 2.05) is 0 Å². The summed E-state index contributed by atoms with van der Waals surface area (Å²) in [6.45, 7) is 4.13. The van der Waals surface area contributed by atoms with E-state index in [9.17, 15) is 0 Å². The van der Waals surface area contributed by atoms with E-state index in [1.165, 1.54) is 19.3 Å². The van der Waals surface area contributed by atoms with Crippen LogP contribution in [0.3, 0.4) is 0 Å². The molecule has 0 amide bonds. The van der Waals surface area contributed by atoms with E-state index in [-0.39, 0.29) is 0 Å². The van der Waals surface area contributed by atoms with E-state index in [0.29, 0.717) is 19.2 Å². The molecular weight excluding hydrogens is 204 g/mol. The molecule has 0 unspecified atom stereocenters. The fraction of sp³-hybridized carbons (Fsp3) is 0.667. The molecule has 0 aliphatic carbocycles. The Bertz CT molecular complexity index is 254. The Morgan fingerprint density at radius 3 is 2.56 bits per heavy atom. The lowest BCUT2D eigenvalue weighted by Gasteiger charge is -2.05. The summed E-state index contributed by atoms with van der Waals surface area (Å²) in [5, 5.41) is 0. The SMILES string of the molecule is CCCCCCOCCOc1ncccn1. The van der Waals surface area contributed by atoms with Gasteiger partial charge in [-0.25, -0.2) is 9.97 Å². The van der Waals surface area contributed by atoms with Crippen molar-refractivity contribution in [1.82, 2.24) is 9.97 Å². The number of hydrogen-bond acceptors (Lipinski definition) is 4. The second-order valence-corrected chi connectivity index (χ2v) is 3.55. The molecule has 4 nitrogen and oxygen atoms in total. The lowest BCUT2D eigenvalue weighted by molar-refractivity contribution is 0.0939. The number of unbranched alkanes of at least 4 members (excludes halogenated alkanes) is 3. The quantitative estimate of drug-likeness (QED) is 0.604. The fourth-order valence-corrected chi connectivity index (χ4v) is 1.28. The van der Waals surface area contributed by atoms with Crippen LogP contribution in [0.15, 0.2) is 18.5 Å². The van der Waals surface area contributed by atoms with Crippen molar-refractivity contribution < 1.29 is 9.47 Å². The van der Waals surface area contributed by atoms with Crippen LogP contribution in [0.25, 0.3) is 0 Å². The van der Waals surface area contributed by atoms with Gasteiger partial charge in [0.25, 0.3) is 0 Å². The zero-order valence-electron chi connectivity index (χ0n) is 9.89. The molecule has 90 valence electrons. The highest BCUT2D eigenvalue weighted by molar-refractivity contribution is 4.92. The summed E-state index contributed by atoms with van der Waals surface area (Å²) < 4.78 is 10.7. The van der Waals surface area contributed by atoms with Crippen LogP contribution in [-0.2, 0) is 4.74 Å². The largest absolute Gasteiger partial charge is 0.461 e. The molecule has 0 aromatic carbocycles. The van der Waals surface area contributed by atoms with Crippen LogP contribution >= 0.6 is 0 Å². The Morgan fingerprint density at radius 1 is 1.00 bits per heavy atom. The molecule has 4 heteroatoms. The van der Waals surface area contributed by atoms with Gasteiger partial charge < -0.3 is 9.47 Å². The van der Waals surface area contributed by atoms with Crippen molar-refractivity contribution >= 4 is 0 Å². The molecule has 0 aliphatic rings. The van der Waals surface area contributed by atoms with Gasteiger partial charge in [0.15, 0.2) is 0 Å². The van der Waals surface area contributed by atoms with Crippen LogP contribution in [0.2, 0.25) is 0 Å².